The summed E-state index contributed by atoms with van der Waals surface area (Å²) in [6.07, 6.45) is 0. The van der Waals surface area contributed by atoms with E-state index in [1.54, 1.807) is 27.4 Å². The van der Waals surface area contributed by atoms with Crippen LogP contribution in [-0.4, -0.2) is 27.2 Å². The maximum atomic E-state index is 12.9. The number of methoxy groups -OCH3 is 3. The molecule has 27 heavy (non-hydrogen) atoms. The molecule has 2 aromatic carbocycles. The summed E-state index contributed by atoms with van der Waals surface area (Å²) in [5.74, 6) is 1.61. The van der Waals surface area contributed by atoms with Crippen LogP contribution in [0.4, 0.5) is 0 Å². The number of hydrogen-bond acceptors (Lipinski definition) is 5. The van der Waals surface area contributed by atoms with Gasteiger partial charge in [0.1, 0.15) is 10.6 Å². The Kier molecular flexibility index (Phi) is 5.77. The summed E-state index contributed by atoms with van der Waals surface area (Å²) in [6.45, 7) is 1.91. The smallest absolute Gasteiger partial charge is 0.265 e. The summed E-state index contributed by atoms with van der Waals surface area (Å²) in [6, 6.07) is 10.8. The number of halogens is 1. The molecule has 0 aliphatic carbocycles. The van der Waals surface area contributed by atoms with Crippen LogP contribution in [0.1, 0.15) is 28.2 Å². The molecular weight excluding hydrogens is 386 g/mol. The molecule has 0 bridgehead atoms. The summed E-state index contributed by atoms with van der Waals surface area (Å²) in [5, 5.41) is 4.51. The Morgan fingerprint density at radius 3 is 2.44 bits per heavy atom. The molecule has 0 saturated heterocycles. The Bertz CT molecular complexity index is 986. The SMILES string of the molecule is COc1ccc([C@H](C)NC(=O)c2sc3cc(Cl)ccc3c2OC)cc1OC. The van der Waals surface area contributed by atoms with Crippen LogP contribution in [-0.2, 0) is 0 Å². The Hall–Kier alpha value is -2.44. The molecule has 0 unspecified atom stereocenters. The van der Waals surface area contributed by atoms with Crippen LogP contribution >= 0.6 is 22.9 Å². The molecule has 1 atom stereocenters. The van der Waals surface area contributed by atoms with Crippen molar-refractivity contribution < 1.29 is 19.0 Å². The van der Waals surface area contributed by atoms with Crippen molar-refractivity contribution >= 4 is 38.9 Å². The Morgan fingerprint density at radius 2 is 1.78 bits per heavy atom. The van der Waals surface area contributed by atoms with Crippen LogP contribution in [0.5, 0.6) is 17.2 Å². The van der Waals surface area contributed by atoms with Crippen LogP contribution in [0.25, 0.3) is 10.1 Å². The van der Waals surface area contributed by atoms with E-state index < -0.39 is 0 Å². The van der Waals surface area contributed by atoms with Gasteiger partial charge < -0.3 is 19.5 Å². The molecule has 142 valence electrons. The van der Waals surface area contributed by atoms with Crippen molar-refractivity contribution in [1.82, 2.24) is 5.32 Å². The number of ether oxygens (including phenoxy) is 3. The van der Waals surface area contributed by atoms with Crippen molar-refractivity contribution in [2.24, 2.45) is 0 Å². The largest absolute Gasteiger partial charge is 0.494 e. The number of carbonyl (C=O) groups excluding carboxylic acids is 1. The molecule has 5 nitrogen and oxygen atoms in total. The summed E-state index contributed by atoms with van der Waals surface area (Å²) >= 11 is 7.42. The van der Waals surface area contributed by atoms with Crippen molar-refractivity contribution in [3.05, 3.63) is 51.9 Å². The van der Waals surface area contributed by atoms with Gasteiger partial charge in [-0.25, -0.2) is 0 Å². The molecule has 1 heterocycles. The molecule has 1 amide bonds. The van der Waals surface area contributed by atoms with E-state index in [-0.39, 0.29) is 11.9 Å². The van der Waals surface area contributed by atoms with Crippen LogP contribution in [0.2, 0.25) is 5.02 Å². The van der Waals surface area contributed by atoms with E-state index in [4.69, 9.17) is 25.8 Å². The Morgan fingerprint density at radius 1 is 1.04 bits per heavy atom. The van der Waals surface area contributed by atoms with Gasteiger partial charge in [-0.2, -0.15) is 0 Å². The summed E-state index contributed by atoms with van der Waals surface area (Å²) < 4.78 is 17.0. The first-order valence-electron chi connectivity index (χ1n) is 8.27. The molecule has 0 radical (unpaired) electrons. The highest BCUT2D eigenvalue weighted by atomic mass is 35.5. The van der Waals surface area contributed by atoms with Gasteiger partial charge >= 0.3 is 0 Å². The minimum atomic E-state index is -0.226. The minimum Gasteiger partial charge on any atom is -0.494 e. The maximum absolute atomic E-state index is 12.9. The Labute approximate surface area is 166 Å². The van der Waals surface area contributed by atoms with Gasteiger partial charge in [-0.15, -0.1) is 11.3 Å². The quantitative estimate of drug-likeness (QED) is 0.621. The topological polar surface area (TPSA) is 56.8 Å². The Balaban J connectivity index is 1.88. The van der Waals surface area contributed by atoms with Gasteiger partial charge in [-0.1, -0.05) is 17.7 Å². The summed E-state index contributed by atoms with van der Waals surface area (Å²) in [7, 11) is 4.73. The molecule has 7 heteroatoms. The number of nitrogens with one attached hydrogen (secondary N) is 1. The lowest BCUT2D eigenvalue weighted by Gasteiger charge is -2.16. The molecule has 3 aromatic rings. The van der Waals surface area contributed by atoms with Crippen molar-refractivity contribution in [2.75, 3.05) is 21.3 Å². The molecule has 0 aliphatic heterocycles. The lowest BCUT2D eigenvalue weighted by atomic mass is 10.1. The van der Waals surface area contributed by atoms with E-state index in [1.165, 1.54) is 11.3 Å². The fourth-order valence-corrected chi connectivity index (χ4v) is 4.22. The van der Waals surface area contributed by atoms with Crippen molar-refractivity contribution in [1.29, 1.82) is 0 Å². The molecular formula is C20H20ClNO4S. The first-order chi connectivity index (χ1) is 13.0. The van der Waals surface area contributed by atoms with Gasteiger partial charge in [0, 0.05) is 15.1 Å². The number of fused-ring (bicyclic) bond motifs is 1. The average molecular weight is 406 g/mol. The third-order valence-corrected chi connectivity index (χ3v) is 5.64. The van der Waals surface area contributed by atoms with E-state index in [1.807, 2.05) is 37.3 Å². The fraction of sp³-hybridized carbons (Fsp3) is 0.250. The third kappa shape index (κ3) is 3.82. The number of rotatable bonds is 6. The number of thiophene rings is 1. The van der Waals surface area contributed by atoms with E-state index >= 15 is 0 Å². The molecule has 0 saturated carbocycles. The van der Waals surface area contributed by atoms with Gasteiger partial charge in [0.15, 0.2) is 11.5 Å². The van der Waals surface area contributed by atoms with E-state index in [0.717, 1.165) is 15.6 Å². The zero-order valence-corrected chi connectivity index (χ0v) is 17.0. The second-order valence-electron chi connectivity index (χ2n) is 5.91. The first-order valence-corrected chi connectivity index (χ1v) is 9.46. The standard InChI is InChI=1S/C20H20ClNO4S/c1-11(12-5-8-15(24-2)16(9-12)25-3)22-20(23)19-18(26-4)14-7-6-13(21)10-17(14)27-19/h5-11H,1-4H3,(H,22,23)/t11-/m0/s1. The van der Waals surface area contributed by atoms with E-state index in [2.05, 4.69) is 5.32 Å². The van der Waals surface area contributed by atoms with Gasteiger partial charge in [-0.05, 0) is 42.8 Å². The summed E-state index contributed by atoms with van der Waals surface area (Å²) in [4.78, 5) is 13.4. The van der Waals surface area contributed by atoms with Gasteiger partial charge in [0.05, 0.1) is 27.4 Å². The number of hydrogen-bond donors (Lipinski definition) is 1. The molecule has 1 N–H and O–H groups in total. The monoisotopic (exact) mass is 405 g/mol. The lowest BCUT2D eigenvalue weighted by Crippen LogP contribution is -2.26. The molecule has 1 aromatic heterocycles. The fourth-order valence-electron chi connectivity index (χ4n) is 2.87. The predicted molar refractivity (Wildman–Crippen MR) is 109 cm³/mol. The second-order valence-corrected chi connectivity index (χ2v) is 7.40. The van der Waals surface area contributed by atoms with Crippen LogP contribution < -0.4 is 19.5 Å². The van der Waals surface area contributed by atoms with Crippen LogP contribution in [0, 0.1) is 0 Å². The molecule has 0 spiro atoms. The van der Waals surface area contributed by atoms with Crippen LogP contribution in [0.15, 0.2) is 36.4 Å². The predicted octanol–water partition coefficient (Wildman–Crippen LogP) is 5.07. The average Bonchev–Trinajstić information content (AvgIpc) is 3.04. The van der Waals surface area contributed by atoms with Gasteiger partial charge in [0.2, 0.25) is 0 Å². The third-order valence-electron chi connectivity index (χ3n) is 4.27. The molecule has 0 aliphatic rings. The van der Waals surface area contributed by atoms with Crippen molar-refractivity contribution in [2.45, 2.75) is 13.0 Å². The second kappa shape index (κ2) is 8.06. The maximum Gasteiger partial charge on any atom is 0.265 e. The number of carbonyl (C=O) groups is 1. The zero-order valence-electron chi connectivity index (χ0n) is 15.5. The normalized spacial score (nSPS) is 11.9. The van der Waals surface area contributed by atoms with Gasteiger partial charge in [0.25, 0.3) is 5.91 Å². The van der Waals surface area contributed by atoms with Gasteiger partial charge in [-0.3, -0.25) is 4.79 Å². The lowest BCUT2D eigenvalue weighted by molar-refractivity contribution is 0.0941. The highest BCUT2D eigenvalue weighted by Crippen LogP contribution is 2.39. The van der Waals surface area contributed by atoms with Crippen molar-refractivity contribution in [3.63, 3.8) is 0 Å². The number of amides is 1. The molecule has 0 fully saturated rings. The molecule has 3 rings (SSSR count). The minimum absolute atomic E-state index is 0.202. The van der Waals surface area contributed by atoms with E-state index in [0.29, 0.717) is 27.1 Å². The highest BCUT2D eigenvalue weighted by Gasteiger charge is 2.21. The zero-order chi connectivity index (χ0) is 19.6. The van der Waals surface area contributed by atoms with Crippen LogP contribution in [0.3, 0.4) is 0 Å². The summed E-state index contributed by atoms with van der Waals surface area (Å²) in [5.41, 5.74) is 0.907. The number of benzene rings is 2. The van der Waals surface area contributed by atoms with E-state index in [9.17, 15) is 4.79 Å². The van der Waals surface area contributed by atoms with Crippen molar-refractivity contribution in [3.8, 4) is 17.2 Å². The highest BCUT2D eigenvalue weighted by molar-refractivity contribution is 7.21. The first kappa shape index (κ1) is 19.3.